The summed E-state index contributed by atoms with van der Waals surface area (Å²) in [6.45, 7) is 0. The Morgan fingerprint density at radius 2 is 0.789 bits per heavy atom. The van der Waals surface area contributed by atoms with Gasteiger partial charge in [-0.2, -0.15) is 0 Å². The molecule has 0 atom stereocenters. The molecule has 0 aliphatic rings. The summed E-state index contributed by atoms with van der Waals surface area (Å²) in [7, 11) is 0. The van der Waals surface area contributed by atoms with Crippen molar-refractivity contribution in [3.63, 3.8) is 0 Å². The molecule has 0 fully saturated rings. The molecule has 5 heteroatoms. The summed E-state index contributed by atoms with van der Waals surface area (Å²) < 4.78 is 6.48. The molecule has 11 aromatic rings. The standard InChI is InChI=1S/C52H32N4O/c1-3-13-36(14-4-1)49-54-50(56-51(55-49)38-28-24-35(25-29-38)42-21-11-17-34-12-7-8-18-41(34)42)37-26-22-33(23-27-37)40-30-31-44-43-19-9-10-20-45(43)48-47(46(44)32-40)53-52(57-48)39-15-5-2-6-16-39/h1-32H. The van der Waals surface area contributed by atoms with Crippen LogP contribution in [0.3, 0.4) is 0 Å². The largest absolute Gasteiger partial charge is 0.435 e. The molecule has 0 spiro atoms. The predicted octanol–water partition coefficient (Wildman–Crippen LogP) is 13.5. The first-order chi connectivity index (χ1) is 28.2. The summed E-state index contributed by atoms with van der Waals surface area (Å²) in [5.74, 6) is 2.49. The van der Waals surface area contributed by atoms with Crippen molar-refractivity contribution in [2.75, 3.05) is 0 Å². The van der Waals surface area contributed by atoms with Crippen molar-refractivity contribution in [2.24, 2.45) is 0 Å². The molecular formula is C52H32N4O. The lowest BCUT2D eigenvalue weighted by molar-refractivity contribution is 0.623. The van der Waals surface area contributed by atoms with Crippen LogP contribution in [0.15, 0.2) is 199 Å². The summed E-state index contributed by atoms with van der Waals surface area (Å²) in [6.07, 6.45) is 0. The molecule has 0 unspecified atom stereocenters. The van der Waals surface area contributed by atoms with Crippen molar-refractivity contribution < 1.29 is 4.42 Å². The van der Waals surface area contributed by atoms with Gasteiger partial charge in [-0.05, 0) is 62.0 Å². The Kier molecular flexibility index (Phi) is 7.74. The Morgan fingerprint density at radius 3 is 1.47 bits per heavy atom. The van der Waals surface area contributed by atoms with E-state index in [4.69, 9.17) is 24.4 Å². The zero-order valence-corrected chi connectivity index (χ0v) is 30.7. The highest BCUT2D eigenvalue weighted by atomic mass is 16.3. The third-order valence-corrected chi connectivity index (χ3v) is 10.8. The highest BCUT2D eigenvalue weighted by Gasteiger charge is 2.18. The van der Waals surface area contributed by atoms with Crippen molar-refractivity contribution in [1.29, 1.82) is 0 Å². The van der Waals surface area contributed by atoms with Gasteiger partial charge >= 0.3 is 0 Å². The zero-order chi connectivity index (χ0) is 37.7. The van der Waals surface area contributed by atoms with Crippen molar-refractivity contribution in [2.45, 2.75) is 0 Å². The number of aromatic nitrogens is 4. The van der Waals surface area contributed by atoms with E-state index in [2.05, 4.69) is 133 Å². The molecule has 0 radical (unpaired) electrons. The minimum atomic E-state index is 0.616. The molecule has 0 bridgehead atoms. The molecule has 0 aliphatic carbocycles. The molecule has 0 amide bonds. The molecule has 9 aromatic carbocycles. The number of rotatable bonds is 6. The van der Waals surface area contributed by atoms with Crippen LogP contribution in [0.2, 0.25) is 0 Å². The molecule has 0 N–H and O–H groups in total. The average molecular weight is 729 g/mol. The fourth-order valence-corrected chi connectivity index (χ4v) is 7.90. The topological polar surface area (TPSA) is 64.7 Å². The number of benzene rings is 9. The second-order valence-corrected chi connectivity index (χ2v) is 14.2. The fourth-order valence-electron chi connectivity index (χ4n) is 7.90. The quantitative estimate of drug-likeness (QED) is 0.160. The molecule has 0 saturated heterocycles. The van der Waals surface area contributed by atoms with Crippen LogP contribution < -0.4 is 0 Å². The Hall–Kier alpha value is -7.76. The van der Waals surface area contributed by atoms with Crippen molar-refractivity contribution in [3.05, 3.63) is 194 Å². The van der Waals surface area contributed by atoms with Gasteiger partial charge in [0, 0.05) is 33.0 Å². The molecule has 5 nitrogen and oxygen atoms in total. The maximum absolute atomic E-state index is 6.48. The fraction of sp³-hybridized carbons (Fsp3) is 0. The minimum absolute atomic E-state index is 0.616. The number of oxazole rings is 1. The summed E-state index contributed by atoms with van der Waals surface area (Å²) in [5.41, 5.74) is 9.88. The second-order valence-electron chi connectivity index (χ2n) is 14.2. The van der Waals surface area contributed by atoms with E-state index in [1.54, 1.807) is 0 Å². The lowest BCUT2D eigenvalue weighted by atomic mass is 9.96. The minimum Gasteiger partial charge on any atom is -0.435 e. The second kappa shape index (κ2) is 13.5. The molecule has 11 rings (SSSR count). The summed E-state index contributed by atoms with van der Waals surface area (Å²) >= 11 is 0. The van der Waals surface area contributed by atoms with Crippen LogP contribution in [0.4, 0.5) is 0 Å². The highest BCUT2D eigenvalue weighted by Crippen LogP contribution is 2.39. The number of nitrogens with zero attached hydrogens (tertiary/aromatic N) is 4. The predicted molar refractivity (Wildman–Crippen MR) is 233 cm³/mol. The summed E-state index contributed by atoms with van der Waals surface area (Å²) in [4.78, 5) is 20.1. The molecule has 0 saturated carbocycles. The zero-order valence-electron chi connectivity index (χ0n) is 30.7. The van der Waals surface area contributed by atoms with E-state index in [1.807, 2.05) is 60.7 Å². The maximum Gasteiger partial charge on any atom is 0.227 e. The number of hydrogen-bond donors (Lipinski definition) is 0. The highest BCUT2D eigenvalue weighted by molar-refractivity contribution is 6.23. The molecule has 57 heavy (non-hydrogen) atoms. The average Bonchev–Trinajstić information content (AvgIpc) is 3.76. The first-order valence-corrected chi connectivity index (χ1v) is 19.0. The van der Waals surface area contributed by atoms with Gasteiger partial charge in [-0.1, -0.05) is 176 Å². The van der Waals surface area contributed by atoms with Gasteiger partial charge in [0.2, 0.25) is 5.89 Å². The van der Waals surface area contributed by atoms with E-state index >= 15 is 0 Å². The lowest BCUT2D eigenvalue weighted by Gasteiger charge is -2.11. The van der Waals surface area contributed by atoms with Gasteiger partial charge in [-0.25, -0.2) is 19.9 Å². The van der Waals surface area contributed by atoms with Crippen LogP contribution in [-0.4, -0.2) is 19.9 Å². The van der Waals surface area contributed by atoms with Crippen molar-refractivity contribution >= 4 is 43.4 Å². The SMILES string of the molecule is c1ccc(-c2nc(-c3ccc(-c4ccc5c6ccccc6c6oc(-c7ccccc7)nc6c5c4)cc3)nc(-c3ccc(-c4cccc5ccccc45)cc3)n2)cc1. The van der Waals surface area contributed by atoms with Gasteiger partial charge in [0.25, 0.3) is 0 Å². The van der Waals surface area contributed by atoms with Crippen LogP contribution in [0.25, 0.3) is 111 Å². The first-order valence-electron chi connectivity index (χ1n) is 19.0. The van der Waals surface area contributed by atoms with Crippen LogP contribution in [0, 0.1) is 0 Å². The van der Waals surface area contributed by atoms with Crippen molar-refractivity contribution in [3.8, 4) is 67.9 Å². The Morgan fingerprint density at radius 1 is 0.298 bits per heavy atom. The number of fused-ring (bicyclic) bond motifs is 7. The Balaban J connectivity index is 0.980. The van der Waals surface area contributed by atoms with Crippen LogP contribution in [0.5, 0.6) is 0 Å². The summed E-state index contributed by atoms with van der Waals surface area (Å²) in [6, 6.07) is 67.1. The van der Waals surface area contributed by atoms with Crippen LogP contribution in [0.1, 0.15) is 0 Å². The van der Waals surface area contributed by atoms with Gasteiger partial charge < -0.3 is 4.42 Å². The normalized spacial score (nSPS) is 11.5. The molecule has 266 valence electrons. The van der Waals surface area contributed by atoms with Gasteiger partial charge in [-0.3, -0.25) is 0 Å². The van der Waals surface area contributed by atoms with Crippen molar-refractivity contribution in [1.82, 2.24) is 19.9 Å². The third kappa shape index (κ3) is 5.81. The first kappa shape index (κ1) is 32.7. The van der Waals surface area contributed by atoms with Gasteiger partial charge in [0.15, 0.2) is 23.1 Å². The molecule has 2 aromatic heterocycles. The molecular weight excluding hydrogens is 697 g/mol. The van der Waals surface area contributed by atoms with E-state index in [0.29, 0.717) is 23.4 Å². The Labute approximate surface area is 328 Å². The number of hydrogen-bond acceptors (Lipinski definition) is 5. The molecule has 2 heterocycles. The van der Waals surface area contributed by atoms with E-state index in [0.717, 1.165) is 71.6 Å². The van der Waals surface area contributed by atoms with Gasteiger partial charge in [0.1, 0.15) is 5.52 Å². The van der Waals surface area contributed by atoms with Gasteiger partial charge in [-0.15, -0.1) is 0 Å². The van der Waals surface area contributed by atoms with E-state index in [1.165, 1.54) is 16.3 Å². The van der Waals surface area contributed by atoms with Crippen LogP contribution in [-0.2, 0) is 0 Å². The van der Waals surface area contributed by atoms with E-state index in [9.17, 15) is 0 Å². The van der Waals surface area contributed by atoms with E-state index in [-0.39, 0.29) is 0 Å². The smallest absolute Gasteiger partial charge is 0.227 e. The molecule has 0 aliphatic heterocycles. The van der Waals surface area contributed by atoms with E-state index < -0.39 is 0 Å². The van der Waals surface area contributed by atoms with Crippen LogP contribution >= 0.6 is 0 Å². The lowest BCUT2D eigenvalue weighted by Crippen LogP contribution is -2.00. The van der Waals surface area contributed by atoms with Gasteiger partial charge in [0.05, 0.1) is 0 Å². The Bertz CT molecular complexity index is 3260. The maximum atomic E-state index is 6.48. The summed E-state index contributed by atoms with van der Waals surface area (Å²) in [5, 5.41) is 6.84. The monoisotopic (exact) mass is 728 g/mol. The third-order valence-electron chi connectivity index (χ3n) is 10.8.